The summed E-state index contributed by atoms with van der Waals surface area (Å²) in [7, 11) is 1.83. The minimum absolute atomic E-state index is 0.620. The third-order valence-corrected chi connectivity index (χ3v) is 0.735. The van der Waals surface area contributed by atoms with Crippen LogP contribution in [0.25, 0.3) is 0 Å². The standard InChI is InChI=1S/C6H12N2/c1-3-4-6(7)5-8-2/h3-4,7-8H,5H2,1-2H3. The van der Waals surface area contributed by atoms with Crippen LogP contribution in [0.15, 0.2) is 12.2 Å². The largest absolute Gasteiger partial charge is 0.314 e. The Morgan fingerprint density at radius 1 is 1.75 bits per heavy atom. The summed E-state index contributed by atoms with van der Waals surface area (Å²) in [5, 5.41) is 10.0. The molecule has 0 heterocycles. The van der Waals surface area contributed by atoms with Crippen LogP contribution < -0.4 is 5.32 Å². The Labute approximate surface area is 50.1 Å². The summed E-state index contributed by atoms with van der Waals surface area (Å²) in [4.78, 5) is 0. The number of rotatable bonds is 3. The lowest BCUT2D eigenvalue weighted by molar-refractivity contribution is 0.944. The normalized spacial score (nSPS) is 10.2. The fraction of sp³-hybridized carbons (Fsp3) is 0.500. The maximum absolute atomic E-state index is 7.14. The molecule has 8 heavy (non-hydrogen) atoms. The smallest absolute Gasteiger partial charge is 0.0448 e. The van der Waals surface area contributed by atoms with Gasteiger partial charge in [0.2, 0.25) is 0 Å². The van der Waals surface area contributed by atoms with E-state index in [1.807, 2.05) is 20.0 Å². The summed E-state index contributed by atoms with van der Waals surface area (Å²) in [6.45, 7) is 2.56. The van der Waals surface area contributed by atoms with E-state index in [1.54, 1.807) is 6.08 Å². The molecule has 0 spiro atoms. The third kappa shape index (κ3) is 3.56. The molecule has 0 atom stereocenters. The highest BCUT2D eigenvalue weighted by Gasteiger charge is 1.82. The lowest BCUT2D eigenvalue weighted by Crippen LogP contribution is -2.15. The Kier molecular flexibility index (Phi) is 4.17. The van der Waals surface area contributed by atoms with Crippen LogP contribution in [0.5, 0.6) is 0 Å². The molecule has 0 bridgehead atoms. The zero-order valence-corrected chi connectivity index (χ0v) is 5.36. The van der Waals surface area contributed by atoms with Crippen LogP contribution in [0.1, 0.15) is 6.92 Å². The van der Waals surface area contributed by atoms with Gasteiger partial charge in [-0.15, -0.1) is 0 Å². The molecule has 2 nitrogen and oxygen atoms in total. The monoisotopic (exact) mass is 112 g/mol. The van der Waals surface area contributed by atoms with Crippen LogP contribution in [0.4, 0.5) is 0 Å². The third-order valence-electron chi connectivity index (χ3n) is 0.735. The quantitative estimate of drug-likeness (QED) is 0.520. The van der Waals surface area contributed by atoms with Gasteiger partial charge in [0.05, 0.1) is 0 Å². The van der Waals surface area contributed by atoms with E-state index in [0.29, 0.717) is 12.3 Å². The molecule has 0 aliphatic carbocycles. The van der Waals surface area contributed by atoms with E-state index >= 15 is 0 Å². The van der Waals surface area contributed by atoms with Crippen molar-refractivity contribution in [3.8, 4) is 0 Å². The summed E-state index contributed by atoms with van der Waals surface area (Å²) in [6.07, 6.45) is 3.64. The minimum atomic E-state index is 0.620. The number of hydrogen-bond donors (Lipinski definition) is 2. The lowest BCUT2D eigenvalue weighted by atomic mass is 10.3. The molecular weight excluding hydrogens is 100 g/mol. The first-order chi connectivity index (χ1) is 3.81. The molecule has 0 aromatic rings. The zero-order valence-electron chi connectivity index (χ0n) is 5.36. The van der Waals surface area contributed by atoms with Crippen LogP contribution in [0, 0.1) is 5.41 Å². The van der Waals surface area contributed by atoms with Crippen molar-refractivity contribution in [1.29, 1.82) is 5.41 Å². The summed E-state index contributed by atoms with van der Waals surface area (Å²) >= 11 is 0. The van der Waals surface area contributed by atoms with Gasteiger partial charge in [-0.25, -0.2) is 0 Å². The predicted molar refractivity (Wildman–Crippen MR) is 36.5 cm³/mol. The van der Waals surface area contributed by atoms with Gasteiger partial charge in [-0.1, -0.05) is 6.08 Å². The highest BCUT2D eigenvalue weighted by atomic mass is 14.8. The van der Waals surface area contributed by atoms with E-state index in [1.165, 1.54) is 0 Å². The average molecular weight is 112 g/mol. The van der Waals surface area contributed by atoms with E-state index in [0.717, 1.165) is 0 Å². The first-order valence-corrected chi connectivity index (χ1v) is 2.66. The SMILES string of the molecule is CC=CC(=N)CNC. The van der Waals surface area contributed by atoms with Gasteiger partial charge in [-0.3, -0.25) is 0 Å². The maximum Gasteiger partial charge on any atom is 0.0448 e. The van der Waals surface area contributed by atoms with Crippen molar-refractivity contribution in [1.82, 2.24) is 5.32 Å². The van der Waals surface area contributed by atoms with Crippen LogP contribution >= 0.6 is 0 Å². The molecule has 0 aliphatic rings. The Morgan fingerprint density at radius 2 is 2.38 bits per heavy atom. The van der Waals surface area contributed by atoms with Crippen LogP contribution in [0.3, 0.4) is 0 Å². The van der Waals surface area contributed by atoms with Gasteiger partial charge in [-0.2, -0.15) is 0 Å². The van der Waals surface area contributed by atoms with Crippen molar-refractivity contribution >= 4 is 5.71 Å². The number of allylic oxidation sites excluding steroid dienone is 1. The molecule has 0 radical (unpaired) electrons. The van der Waals surface area contributed by atoms with Crippen molar-refractivity contribution in [2.45, 2.75) is 6.92 Å². The first-order valence-electron chi connectivity index (χ1n) is 2.66. The lowest BCUT2D eigenvalue weighted by Gasteiger charge is -1.91. The molecule has 0 rings (SSSR count). The van der Waals surface area contributed by atoms with Crippen LogP contribution in [-0.2, 0) is 0 Å². The van der Waals surface area contributed by atoms with Crippen molar-refractivity contribution in [2.24, 2.45) is 0 Å². The van der Waals surface area contributed by atoms with Crippen molar-refractivity contribution < 1.29 is 0 Å². The Balaban J connectivity index is 3.33. The average Bonchev–Trinajstić information content (AvgIpc) is 1.68. The second-order valence-corrected chi connectivity index (χ2v) is 1.56. The summed E-state index contributed by atoms with van der Waals surface area (Å²) in [5.41, 5.74) is 0.620. The molecule has 0 saturated carbocycles. The van der Waals surface area contributed by atoms with E-state index in [2.05, 4.69) is 5.32 Å². The molecule has 46 valence electrons. The molecule has 0 aromatic carbocycles. The second kappa shape index (κ2) is 4.53. The molecule has 0 fully saturated rings. The van der Waals surface area contributed by atoms with Crippen molar-refractivity contribution in [2.75, 3.05) is 13.6 Å². The number of nitrogens with one attached hydrogen (secondary N) is 2. The van der Waals surface area contributed by atoms with Gasteiger partial charge in [0.15, 0.2) is 0 Å². The maximum atomic E-state index is 7.14. The molecule has 2 N–H and O–H groups in total. The van der Waals surface area contributed by atoms with Crippen LogP contribution in [0.2, 0.25) is 0 Å². The first kappa shape index (κ1) is 7.37. The second-order valence-electron chi connectivity index (χ2n) is 1.56. The fourth-order valence-electron chi connectivity index (χ4n) is 0.451. The molecule has 0 aromatic heterocycles. The molecule has 0 aliphatic heterocycles. The molecule has 0 amide bonds. The Hall–Kier alpha value is -0.630. The van der Waals surface area contributed by atoms with Gasteiger partial charge in [0, 0.05) is 12.3 Å². The van der Waals surface area contributed by atoms with E-state index in [-0.39, 0.29) is 0 Å². The molecule has 2 heteroatoms. The van der Waals surface area contributed by atoms with Gasteiger partial charge < -0.3 is 10.7 Å². The summed E-state index contributed by atoms with van der Waals surface area (Å²) in [6, 6.07) is 0. The van der Waals surface area contributed by atoms with Gasteiger partial charge in [0.25, 0.3) is 0 Å². The highest BCUT2D eigenvalue weighted by Crippen LogP contribution is 1.72. The van der Waals surface area contributed by atoms with Gasteiger partial charge >= 0.3 is 0 Å². The molecule has 0 unspecified atom stereocenters. The Bertz CT molecular complexity index is 94.7. The van der Waals surface area contributed by atoms with E-state index in [9.17, 15) is 0 Å². The molecule has 0 saturated heterocycles. The van der Waals surface area contributed by atoms with Gasteiger partial charge in [-0.05, 0) is 20.0 Å². The Morgan fingerprint density at radius 3 is 2.75 bits per heavy atom. The van der Waals surface area contributed by atoms with E-state index in [4.69, 9.17) is 5.41 Å². The van der Waals surface area contributed by atoms with Crippen molar-refractivity contribution in [3.05, 3.63) is 12.2 Å². The van der Waals surface area contributed by atoms with E-state index < -0.39 is 0 Å². The molecular formula is C6H12N2. The predicted octanol–water partition coefficient (Wildman–Crippen LogP) is 0.802. The minimum Gasteiger partial charge on any atom is -0.314 e. The summed E-state index contributed by atoms with van der Waals surface area (Å²) in [5.74, 6) is 0. The zero-order chi connectivity index (χ0) is 6.41. The fourth-order valence-corrected chi connectivity index (χ4v) is 0.451. The van der Waals surface area contributed by atoms with Gasteiger partial charge in [0.1, 0.15) is 0 Å². The topological polar surface area (TPSA) is 35.9 Å². The summed E-state index contributed by atoms with van der Waals surface area (Å²) < 4.78 is 0. The number of hydrogen-bond acceptors (Lipinski definition) is 2. The highest BCUT2D eigenvalue weighted by molar-refractivity contribution is 5.93. The van der Waals surface area contributed by atoms with Crippen molar-refractivity contribution in [3.63, 3.8) is 0 Å². The van der Waals surface area contributed by atoms with Crippen LogP contribution in [-0.4, -0.2) is 19.3 Å².